The van der Waals surface area contributed by atoms with E-state index in [-0.39, 0.29) is 37.2 Å². The fourth-order valence-corrected chi connectivity index (χ4v) is 1.84. The molecule has 0 spiro atoms. The molecule has 0 heterocycles. The van der Waals surface area contributed by atoms with Crippen LogP contribution < -0.4 is 16.0 Å². The minimum absolute atomic E-state index is 0. The van der Waals surface area contributed by atoms with E-state index >= 15 is 0 Å². The van der Waals surface area contributed by atoms with Crippen LogP contribution in [-0.4, -0.2) is 32.0 Å². The van der Waals surface area contributed by atoms with Gasteiger partial charge in [0.2, 0.25) is 11.8 Å². The Kier molecular flexibility index (Phi) is 9.20. The monoisotopic (exact) mass is 363 g/mol. The van der Waals surface area contributed by atoms with Crippen LogP contribution in [0.2, 0.25) is 0 Å². The zero-order chi connectivity index (χ0) is 14.3. The summed E-state index contributed by atoms with van der Waals surface area (Å²) in [7, 11) is 1.70. The first kappa shape index (κ1) is 18.9. The molecule has 1 aromatic rings. The molecule has 0 aliphatic heterocycles. The van der Waals surface area contributed by atoms with Crippen LogP contribution in [0.5, 0.6) is 0 Å². The average molecular weight is 365 g/mol. The Bertz CT molecular complexity index is 469. The molecule has 0 aromatic heterocycles. The summed E-state index contributed by atoms with van der Waals surface area (Å²) in [6.07, 6.45) is 0.251. The van der Waals surface area contributed by atoms with Crippen molar-refractivity contribution in [2.24, 2.45) is 0 Å². The Balaban J connectivity index is 0.00000361. The zero-order valence-corrected chi connectivity index (χ0v) is 13.9. The van der Waals surface area contributed by atoms with Crippen LogP contribution in [0.4, 0.5) is 5.69 Å². The molecule has 0 aliphatic carbocycles. The first-order valence-corrected chi connectivity index (χ1v) is 6.79. The van der Waals surface area contributed by atoms with Crippen LogP contribution in [0.25, 0.3) is 0 Å². The van der Waals surface area contributed by atoms with Crippen molar-refractivity contribution in [2.75, 3.05) is 25.5 Å². The number of hydrogen-bond acceptors (Lipinski definition) is 3. The first-order chi connectivity index (χ1) is 9.02. The number of amides is 2. The number of likely N-dealkylation sites (N-methyl/N-ethyl adjacent to an activating group) is 1. The second-order valence-electron chi connectivity index (χ2n) is 4.14. The number of benzene rings is 1. The third-order valence-electron chi connectivity index (χ3n) is 2.49. The van der Waals surface area contributed by atoms with Gasteiger partial charge < -0.3 is 16.0 Å². The van der Waals surface area contributed by atoms with Crippen LogP contribution >= 0.6 is 28.3 Å². The van der Waals surface area contributed by atoms with Gasteiger partial charge in [0.15, 0.2) is 0 Å². The normalized spacial score (nSPS) is 9.55. The Morgan fingerprint density at radius 2 is 1.95 bits per heavy atom. The van der Waals surface area contributed by atoms with E-state index in [0.29, 0.717) is 6.54 Å². The van der Waals surface area contributed by atoms with Gasteiger partial charge in [-0.25, -0.2) is 0 Å². The lowest BCUT2D eigenvalue weighted by molar-refractivity contribution is -0.120. The van der Waals surface area contributed by atoms with Gasteiger partial charge in [-0.05, 0) is 31.7 Å². The minimum Gasteiger partial charge on any atom is -0.354 e. The van der Waals surface area contributed by atoms with Crippen LogP contribution in [0.3, 0.4) is 0 Å². The predicted octanol–water partition coefficient (Wildman–Crippen LogP) is 1.84. The number of halogens is 2. The third-order valence-corrected chi connectivity index (χ3v) is 2.98. The van der Waals surface area contributed by atoms with Crippen molar-refractivity contribution in [1.29, 1.82) is 0 Å². The zero-order valence-electron chi connectivity index (χ0n) is 11.5. The van der Waals surface area contributed by atoms with Crippen molar-refractivity contribution in [3.8, 4) is 0 Å². The second kappa shape index (κ2) is 9.74. The van der Waals surface area contributed by atoms with Gasteiger partial charge in [-0.3, -0.25) is 9.59 Å². The molecule has 0 fully saturated rings. The van der Waals surface area contributed by atoms with Gasteiger partial charge in [-0.1, -0.05) is 22.0 Å². The van der Waals surface area contributed by atoms with Gasteiger partial charge in [0, 0.05) is 23.1 Å². The largest absolute Gasteiger partial charge is 0.354 e. The van der Waals surface area contributed by atoms with Crippen molar-refractivity contribution < 1.29 is 9.59 Å². The van der Waals surface area contributed by atoms with Crippen molar-refractivity contribution in [2.45, 2.75) is 13.3 Å². The highest BCUT2D eigenvalue weighted by atomic mass is 79.9. The Labute approximate surface area is 133 Å². The Morgan fingerprint density at radius 1 is 1.25 bits per heavy atom. The van der Waals surface area contributed by atoms with Gasteiger partial charge >= 0.3 is 0 Å². The predicted molar refractivity (Wildman–Crippen MR) is 86.3 cm³/mol. The number of nitrogens with one attached hydrogen (secondary N) is 3. The molecule has 20 heavy (non-hydrogen) atoms. The Morgan fingerprint density at radius 3 is 2.60 bits per heavy atom. The number of anilines is 1. The molecule has 0 bridgehead atoms. The molecule has 1 rings (SSSR count). The molecule has 2 amide bonds. The molecule has 0 atom stereocenters. The highest BCUT2D eigenvalue weighted by molar-refractivity contribution is 9.10. The summed E-state index contributed by atoms with van der Waals surface area (Å²) in [5.41, 5.74) is 1.77. The molecule has 1 aromatic carbocycles. The van der Waals surface area contributed by atoms with Crippen molar-refractivity contribution >= 4 is 45.8 Å². The summed E-state index contributed by atoms with van der Waals surface area (Å²) in [5.74, 6) is -0.236. The summed E-state index contributed by atoms with van der Waals surface area (Å²) in [4.78, 5) is 22.9. The molecule has 0 unspecified atom stereocenters. The molecular weight excluding hydrogens is 346 g/mol. The second-order valence-corrected chi connectivity index (χ2v) is 5.05. The number of rotatable bonds is 6. The lowest BCUT2D eigenvalue weighted by Gasteiger charge is -2.09. The standard InChI is InChI=1S/C13H18BrN3O2.ClH/c1-9-3-4-10(14)7-11(9)17-12(18)5-6-16-13(19)8-15-2;/h3-4,7,15H,5-6,8H2,1-2H3,(H,16,19)(H,17,18);1H. The Hall–Kier alpha value is -1.11. The van der Waals surface area contributed by atoms with Crippen molar-refractivity contribution in [3.05, 3.63) is 28.2 Å². The van der Waals surface area contributed by atoms with Crippen molar-refractivity contribution in [1.82, 2.24) is 10.6 Å². The number of aryl methyl sites for hydroxylation is 1. The van der Waals surface area contributed by atoms with Crippen LogP contribution in [0.15, 0.2) is 22.7 Å². The lowest BCUT2D eigenvalue weighted by Crippen LogP contribution is -2.34. The van der Waals surface area contributed by atoms with E-state index in [4.69, 9.17) is 0 Å². The maximum atomic E-state index is 11.7. The fraction of sp³-hybridized carbons (Fsp3) is 0.385. The molecule has 0 saturated heterocycles. The van der Waals surface area contributed by atoms with E-state index in [1.54, 1.807) is 7.05 Å². The van der Waals surface area contributed by atoms with E-state index in [1.807, 2.05) is 25.1 Å². The molecule has 3 N–H and O–H groups in total. The maximum absolute atomic E-state index is 11.7. The lowest BCUT2D eigenvalue weighted by atomic mass is 10.2. The number of carbonyl (C=O) groups excluding carboxylic acids is 2. The molecular formula is C13H19BrClN3O2. The molecule has 112 valence electrons. The van der Waals surface area contributed by atoms with E-state index < -0.39 is 0 Å². The van der Waals surface area contributed by atoms with E-state index in [1.165, 1.54) is 0 Å². The molecule has 7 heteroatoms. The average Bonchev–Trinajstić information content (AvgIpc) is 2.34. The summed E-state index contributed by atoms with van der Waals surface area (Å²) in [6.45, 7) is 2.52. The maximum Gasteiger partial charge on any atom is 0.233 e. The highest BCUT2D eigenvalue weighted by Gasteiger charge is 2.06. The molecule has 0 aliphatic rings. The van der Waals surface area contributed by atoms with E-state index in [9.17, 15) is 9.59 Å². The minimum atomic E-state index is -0.119. The van der Waals surface area contributed by atoms with Crippen LogP contribution in [0.1, 0.15) is 12.0 Å². The first-order valence-electron chi connectivity index (χ1n) is 6.00. The topological polar surface area (TPSA) is 70.2 Å². The van der Waals surface area contributed by atoms with Crippen LogP contribution in [-0.2, 0) is 9.59 Å². The van der Waals surface area contributed by atoms with Crippen LogP contribution in [0, 0.1) is 6.92 Å². The van der Waals surface area contributed by atoms with Gasteiger partial charge in [0.25, 0.3) is 0 Å². The summed E-state index contributed by atoms with van der Waals surface area (Å²) >= 11 is 3.36. The summed E-state index contributed by atoms with van der Waals surface area (Å²) < 4.78 is 0.913. The quantitative estimate of drug-likeness (QED) is 0.721. The fourth-order valence-electron chi connectivity index (χ4n) is 1.48. The summed E-state index contributed by atoms with van der Waals surface area (Å²) in [5, 5.41) is 8.22. The SMILES string of the molecule is CNCC(=O)NCCC(=O)Nc1cc(Br)ccc1C.Cl. The smallest absolute Gasteiger partial charge is 0.233 e. The van der Waals surface area contributed by atoms with Gasteiger partial charge in [-0.15, -0.1) is 12.4 Å². The van der Waals surface area contributed by atoms with Gasteiger partial charge in [-0.2, -0.15) is 0 Å². The van der Waals surface area contributed by atoms with Crippen molar-refractivity contribution in [3.63, 3.8) is 0 Å². The molecule has 5 nitrogen and oxygen atoms in total. The molecule has 0 saturated carbocycles. The van der Waals surface area contributed by atoms with Gasteiger partial charge in [0.1, 0.15) is 0 Å². The van der Waals surface area contributed by atoms with E-state index in [2.05, 4.69) is 31.9 Å². The number of hydrogen-bond donors (Lipinski definition) is 3. The van der Waals surface area contributed by atoms with Gasteiger partial charge in [0.05, 0.1) is 6.54 Å². The summed E-state index contributed by atoms with van der Waals surface area (Å²) in [6, 6.07) is 5.70. The third kappa shape index (κ3) is 6.88. The number of carbonyl (C=O) groups is 2. The van der Waals surface area contributed by atoms with E-state index in [0.717, 1.165) is 15.7 Å². The molecule has 0 radical (unpaired) electrons. The highest BCUT2D eigenvalue weighted by Crippen LogP contribution is 2.20.